The van der Waals surface area contributed by atoms with E-state index in [9.17, 15) is 0 Å². The predicted molar refractivity (Wildman–Crippen MR) is 100 cm³/mol. The Kier molecular flexibility index (Phi) is 3.45. The highest BCUT2D eigenvalue weighted by Crippen LogP contribution is 2.34. The maximum Gasteiger partial charge on any atom is 0.205 e. The Labute approximate surface area is 149 Å². The first kappa shape index (κ1) is 14.8. The second-order valence-electron chi connectivity index (χ2n) is 6.04. The third-order valence-corrected chi connectivity index (χ3v) is 4.31. The third kappa shape index (κ3) is 2.71. The Morgan fingerprint density at radius 2 is 1.54 bits per heavy atom. The summed E-state index contributed by atoms with van der Waals surface area (Å²) >= 11 is 0. The van der Waals surface area contributed by atoms with Crippen LogP contribution in [0.5, 0.6) is 11.5 Å². The fourth-order valence-corrected chi connectivity index (χ4v) is 3.03. The van der Waals surface area contributed by atoms with Gasteiger partial charge < -0.3 is 19.8 Å². The van der Waals surface area contributed by atoms with E-state index in [1.54, 1.807) is 12.4 Å². The molecular formula is C20H16N4O2. The number of nitrogens with zero attached hydrogens (tertiary/aromatic N) is 2. The largest absolute Gasteiger partial charge is 0.486 e. The molecule has 0 fully saturated rings. The van der Waals surface area contributed by atoms with E-state index in [2.05, 4.69) is 32.4 Å². The molecule has 6 nitrogen and oxygen atoms in total. The Balaban J connectivity index is 1.40. The zero-order chi connectivity index (χ0) is 17.3. The highest BCUT2D eigenvalue weighted by Gasteiger charge is 2.14. The number of H-pyrrole nitrogens is 1. The van der Waals surface area contributed by atoms with Gasteiger partial charge in [-0.05, 0) is 35.4 Å². The molecule has 2 aromatic carbocycles. The standard InChI is InChI=1S/C20H16N4O2/c1-3-15(4-2-13(1)14-5-7-21-8-6-14)22-20-23-16-11-18-19(12-17(16)24-20)26-10-9-25-18/h1-8,11-12H,9-10H2,(H2,22,23,24). The predicted octanol–water partition coefficient (Wildman–Crippen LogP) is 4.14. The Morgan fingerprint density at radius 1 is 0.846 bits per heavy atom. The summed E-state index contributed by atoms with van der Waals surface area (Å²) in [5, 5.41) is 3.30. The smallest absolute Gasteiger partial charge is 0.205 e. The van der Waals surface area contributed by atoms with E-state index in [-0.39, 0.29) is 0 Å². The van der Waals surface area contributed by atoms with E-state index in [0.717, 1.165) is 39.3 Å². The SMILES string of the molecule is c1cc(-c2ccc(Nc3nc4cc5c(cc4[nH]3)OCCO5)cc2)ccn1. The number of rotatable bonds is 3. The molecule has 0 spiro atoms. The summed E-state index contributed by atoms with van der Waals surface area (Å²) in [6, 6.07) is 16.0. The first-order valence-corrected chi connectivity index (χ1v) is 8.42. The van der Waals surface area contributed by atoms with Crippen molar-refractivity contribution in [1.29, 1.82) is 0 Å². The van der Waals surface area contributed by atoms with Gasteiger partial charge in [0.1, 0.15) is 13.2 Å². The molecule has 0 bridgehead atoms. The number of aromatic amines is 1. The van der Waals surface area contributed by atoms with Crippen molar-refractivity contribution in [2.24, 2.45) is 0 Å². The van der Waals surface area contributed by atoms with Gasteiger partial charge in [0.05, 0.1) is 11.0 Å². The normalized spacial score (nSPS) is 12.9. The number of fused-ring (bicyclic) bond motifs is 2. The third-order valence-electron chi connectivity index (χ3n) is 4.31. The fourth-order valence-electron chi connectivity index (χ4n) is 3.03. The lowest BCUT2D eigenvalue weighted by molar-refractivity contribution is 0.172. The number of benzene rings is 2. The van der Waals surface area contributed by atoms with Crippen molar-refractivity contribution in [2.45, 2.75) is 0 Å². The summed E-state index contributed by atoms with van der Waals surface area (Å²) in [6.45, 7) is 1.14. The van der Waals surface area contributed by atoms with E-state index < -0.39 is 0 Å². The van der Waals surface area contributed by atoms with Gasteiger partial charge in [0.2, 0.25) is 5.95 Å². The summed E-state index contributed by atoms with van der Waals surface area (Å²) in [6.07, 6.45) is 3.59. The van der Waals surface area contributed by atoms with Crippen LogP contribution in [0.3, 0.4) is 0 Å². The zero-order valence-electron chi connectivity index (χ0n) is 13.9. The minimum Gasteiger partial charge on any atom is -0.486 e. The van der Waals surface area contributed by atoms with Crippen molar-refractivity contribution in [2.75, 3.05) is 18.5 Å². The second-order valence-corrected chi connectivity index (χ2v) is 6.04. The molecule has 128 valence electrons. The van der Waals surface area contributed by atoms with Crippen molar-refractivity contribution in [1.82, 2.24) is 15.0 Å². The van der Waals surface area contributed by atoms with Crippen molar-refractivity contribution < 1.29 is 9.47 Å². The highest BCUT2D eigenvalue weighted by molar-refractivity contribution is 5.82. The second kappa shape index (κ2) is 6.07. The van der Waals surface area contributed by atoms with Crippen LogP contribution in [0.15, 0.2) is 60.9 Å². The van der Waals surface area contributed by atoms with E-state index in [1.165, 1.54) is 0 Å². The number of hydrogen-bond acceptors (Lipinski definition) is 5. The van der Waals surface area contributed by atoms with Gasteiger partial charge in [-0.15, -0.1) is 0 Å². The lowest BCUT2D eigenvalue weighted by atomic mass is 10.1. The molecule has 0 aliphatic carbocycles. The monoisotopic (exact) mass is 344 g/mol. The van der Waals surface area contributed by atoms with Gasteiger partial charge in [-0.2, -0.15) is 0 Å². The first-order chi connectivity index (χ1) is 12.8. The van der Waals surface area contributed by atoms with E-state index in [4.69, 9.17) is 9.47 Å². The van der Waals surface area contributed by atoms with Crippen LogP contribution in [0.4, 0.5) is 11.6 Å². The van der Waals surface area contributed by atoms with E-state index in [1.807, 2.05) is 36.4 Å². The van der Waals surface area contributed by atoms with E-state index in [0.29, 0.717) is 19.2 Å². The minimum absolute atomic E-state index is 0.567. The van der Waals surface area contributed by atoms with Crippen LogP contribution in [0.2, 0.25) is 0 Å². The molecule has 2 N–H and O–H groups in total. The van der Waals surface area contributed by atoms with Crippen LogP contribution in [0.25, 0.3) is 22.2 Å². The summed E-state index contributed by atoms with van der Waals surface area (Å²) in [5.74, 6) is 2.17. The molecule has 0 amide bonds. The Hall–Kier alpha value is -3.54. The highest BCUT2D eigenvalue weighted by atomic mass is 16.6. The average molecular weight is 344 g/mol. The molecule has 1 aliphatic rings. The van der Waals surface area contributed by atoms with E-state index >= 15 is 0 Å². The lowest BCUT2D eigenvalue weighted by Crippen LogP contribution is -2.15. The van der Waals surface area contributed by atoms with Crippen LogP contribution < -0.4 is 14.8 Å². The Morgan fingerprint density at radius 3 is 2.31 bits per heavy atom. The molecule has 0 unspecified atom stereocenters. The number of aromatic nitrogens is 3. The van der Waals surface area contributed by atoms with Gasteiger partial charge in [0.25, 0.3) is 0 Å². The van der Waals surface area contributed by atoms with Crippen molar-refractivity contribution in [3.05, 3.63) is 60.9 Å². The van der Waals surface area contributed by atoms with Crippen LogP contribution in [0.1, 0.15) is 0 Å². The summed E-state index contributed by atoms with van der Waals surface area (Å²) in [4.78, 5) is 11.9. The van der Waals surface area contributed by atoms with Crippen molar-refractivity contribution >= 4 is 22.7 Å². The molecule has 0 saturated heterocycles. The van der Waals surface area contributed by atoms with Crippen molar-refractivity contribution in [3.8, 4) is 22.6 Å². The van der Waals surface area contributed by atoms with Gasteiger partial charge in [-0.3, -0.25) is 4.98 Å². The lowest BCUT2D eigenvalue weighted by Gasteiger charge is -2.17. The van der Waals surface area contributed by atoms with Gasteiger partial charge in [0.15, 0.2) is 11.5 Å². The maximum absolute atomic E-state index is 5.62. The topological polar surface area (TPSA) is 72.1 Å². The quantitative estimate of drug-likeness (QED) is 0.584. The number of imidazole rings is 1. The molecule has 2 aromatic heterocycles. The molecule has 0 radical (unpaired) electrons. The van der Waals surface area contributed by atoms with Crippen molar-refractivity contribution in [3.63, 3.8) is 0 Å². The molecule has 5 rings (SSSR count). The summed E-state index contributed by atoms with van der Waals surface area (Å²) < 4.78 is 11.2. The average Bonchev–Trinajstić information content (AvgIpc) is 3.08. The number of nitrogens with one attached hydrogen (secondary N) is 2. The van der Waals surface area contributed by atoms with Crippen LogP contribution in [0, 0.1) is 0 Å². The summed E-state index contributed by atoms with van der Waals surface area (Å²) in [5.41, 5.74) is 4.99. The number of pyridine rings is 1. The van der Waals surface area contributed by atoms with Gasteiger partial charge >= 0.3 is 0 Å². The van der Waals surface area contributed by atoms with Gasteiger partial charge in [0, 0.05) is 30.2 Å². The maximum atomic E-state index is 5.62. The number of anilines is 2. The zero-order valence-corrected chi connectivity index (χ0v) is 13.9. The molecule has 0 atom stereocenters. The van der Waals surface area contributed by atoms with Crippen LogP contribution in [-0.2, 0) is 0 Å². The molecule has 0 saturated carbocycles. The number of hydrogen-bond donors (Lipinski definition) is 2. The molecule has 26 heavy (non-hydrogen) atoms. The minimum atomic E-state index is 0.567. The molecule has 3 heterocycles. The first-order valence-electron chi connectivity index (χ1n) is 8.42. The molecule has 4 aromatic rings. The van der Waals surface area contributed by atoms with Gasteiger partial charge in [-0.1, -0.05) is 12.1 Å². The molecule has 1 aliphatic heterocycles. The number of ether oxygens (including phenoxy) is 2. The van der Waals surface area contributed by atoms with Gasteiger partial charge in [-0.25, -0.2) is 4.98 Å². The Bertz CT molecular complexity index is 1020. The molecule has 6 heteroatoms. The van der Waals surface area contributed by atoms with Crippen LogP contribution in [-0.4, -0.2) is 28.2 Å². The van der Waals surface area contributed by atoms with Crippen LogP contribution >= 0.6 is 0 Å². The fraction of sp³-hybridized carbons (Fsp3) is 0.100. The molecular weight excluding hydrogens is 328 g/mol. The summed E-state index contributed by atoms with van der Waals surface area (Å²) in [7, 11) is 0.